The Kier molecular flexibility index (Phi) is 3.41. The first kappa shape index (κ1) is 12.5. The zero-order valence-electron chi connectivity index (χ0n) is 10.4. The quantitative estimate of drug-likeness (QED) is 0.716. The van der Waals surface area contributed by atoms with Crippen LogP contribution in [-0.4, -0.2) is 53.5 Å². The van der Waals surface area contributed by atoms with E-state index in [-0.39, 0.29) is 17.5 Å². The third kappa shape index (κ3) is 2.16. The van der Waals surface area contributed by atoms with E-state index in [1.165, 1.54) is 0 Å². The molecule has 4 heteroatoms. The number of carbonyl (C=O) groups is 1. The zero-order valence-corrected chi connectivity index (χ0v) is 10.4. The number of likely N-dealkylation sites (N-methyl/N-ethyl adjacent to an activating group) is 1. The third-order valence-corrected chi connectivity index (χ3v) is 3.10. The molecule has 2 N–H and O–H groups in total. The minimum absolute atomic E-state index is 0.000856. The molecular weight excluding hydrogens is 190 g/mol. The van der Waals surface area contributed by atoms with E-state index in [2.05, 4.69) is 32.6 Å². The van der Waals surface area contributed by atoms with Gasteiger partial charge >= 0.3 is 0 Å². The van der Waals surface area contributed by atoms with Crippen molar-refractivity contribution in [2.24, 2.45) is 5.73 Å². The van der Waals surface area contributed by atoms with Crippen molar-refractivity contribution < 1.29 is 4.79 Å². The lowest BCUT2D eigenvalue weighted by Crippen LogP contribution is -2.69. The van der Waals surface area contributed by atoms with E-state index < -0.39 is 0 Å². The average Bonchev–Trinajstić information content (AvgIpc) is 2.09. The predicted octanol–water partition coefficient (Wildman–Crippen LogP) is 0.275. The molecule has 1 heterocycles. The molecule has 0 saturated carbocycles. The van der Waals surface area contributed by atoms with Crippen LogP contribution in [0, 0.1) is 0 Å². The molecule has 0 bridgehead atoms. The van der Waals surface area contributed by atoms with Gasteiger partial charge in [0, 0.05) is 31.7 Å². The maximum absolute atomic E-state index is 12.0. The van der Waals surface area contributed by atoms with Crippen molar-refractivity contribution >= 4 is 5.91 Å². The maximum Gasteiger partial charge on any atom is 0.241 e. The predicted molar refractivity (Wildman–Crippen MR) is 61.5 cm³/mol. The fraction of sp³-hybridized carbons (Fsp3) is 0.909. The Morgan fingerprint density at radius 1 is 1.53 bits per heavy atom. The normalized spacial score (nSPS) is 27.5. The highest BCUT2D eigenvalue weighted by molar-refractivity contribution is 5.83. The van der Waals surface area contributed by atoms with Crippen LogP contribution in [-0.2, 0) is 4.79 Å². The second kappa shape index (κ2) is 4.10. The summed E-state index contributed by atoms with van der Waals surface area (Å²) in [7, 11) is 1.85. The number of rotatable bonds is 2. The molecule has 1 unspecified atom stereocenters. The molecule has 0 spiro atoms. The van der Waals surface area contributed by atoms with Crippen molar-refractivity contribution in [3.63, 3.8) is 0 Å². The van der Waals surface area contributed by atoms with Crippen molar-refractivity contribution in [2.45, 2.75) is 45.3 Å². The van der Waals surface area contributed by atoms with E-state index in [4.69, 9.17) is 5.73 Å². The van der Waals surface area contributed by atoms with Gasteiger partial charge in [-0.3, -0.25) is 9.69 Å². The summed E-state index contributed by atoms with van der Waals surface area (Å²) in [6, 6.07) is 0.171. The van der Waals surface area contributed by atoms with E-state index >= 15 is 0 Å². The largest absolute Gasteiger partial charge is 0.343 e. The van der Waals surface area contributed by atoms with Gasteiger partial charge in [-0.05, 0) is 27.7 Å². The summed E-state index contributed by atoms with van der Waals surface area (Å²) in [6.45, 7) is 9.72. The highest BCUT2D eigenvalue weighted by Crippen LogP contribution is 2.27. The monoisotopic (exact) mass is 213 g/mol. The number of amides is 1. The summed E-state index contributed by atoms with van der Waals surface area (Å²) in [5.41, 5.74) is 5.72. The Hall–Kier alpha value is -0.610. The van der Waals surface area contributed by atoms with Gasteiger partial charge in [-0.25, -0.2) is 0 Å². The van der Waals surface area contributed by atoms with Crippen LogP contribution in [0.1, 0.15) is 27.7 Å². The van der Waals surface area contributed by atoms with Gasteiger partial charge in [-0.2, -0.15) is 0 Å². The van der Waals surface area contributed by atoms with Crippen LogP contribution >= 0.6 is 0 Å². The zero-order chi connectivity index (χ0) is 11.8. The van der Waals surface area contributed by atoms with Crippen LogP contribution < -0.4 is 5.73 Å². The van der Waals surface area contributed by atoms with Gasteiger partial charge in [0.2, 0.25) is 5.91 Å². The molecule has 88 valence electrons. The first-order valence-corrected chi connectivity index (χ1v) is 5.54. The topological polar surface area (TPSA) is 49.6 Å². The first-order valence-electron chi connectivity index (χ1n) is 5.54. The summed E-state index contributed by atoms with van der Waals surface area (Å²) in [4.78, 5) is 16.0. The molecule has 1 aliphatic rings. The average molecular weight is 213 g/mol. The number of hydrogen-bond acceptors (Lipinski definition) is 3. The third-order valence-electron chi connectivity index (χ3n) is 3.10. The summed E-state index contributed by atoms with van der Waals surface area (Å²) in [6.07, 6.45) is 0. The summed E-state index contributed by atoms with van der Waals surface area (Å²) in [5, 5.41) is 0. The molecule has 1 atom stereocenters. The molecule has 0 aromatic heterocycles. The lowest BCUT2D eigenvalue weighted by molar-refractivity contribution is -0.149. The first-order chi connectivity index (χ1) is 6.81. The van der Waals surface area contributed by atoms with E-state index in [9.17, 15) is 4.79 Å². The van der Waals surface area contributed by atoms with Crippen molar-refractivity contribution in [1.82, 2.24) is 9.80 Å². The van der Waals surface area contributed by atoms with Crippen molar-refractivity contribution in [2.75, 3.05) is 20.1 Å². The molecule has 0 aromatic carbocycles. The molecule has 0 radical (unpaired) electrons. The van der Waals surface area contributed by atoms with Gasteiger partial charge in [-0.1, -0.05) is 0 Å². The molecule has 1 aliphatic heterocycles. The van der Waals surface area contributed by atoms with Crippen LogP contribution in [0.4, 0.5) is 0 Å². The molecular formula is C11H23N3O. The SMILES string of the molecule is CC(C)N1C(CN)C(=O)N(C)CC1(C)C. The number of hydrogen-bond donors (Lipinski definition) is 1. The van der Waals surface area contributed by atoms with E-state index in [1.54, 1.807) is 4.90 Å². The molecule has 1 saturated heterocycles. The molecule has 1 fully saturated rings. The van der Waals surface area contributed by atoms with Crippen LogP contribution in [0.3, 0.4) is 0 Å². The van der Waals surface area contributed by atoms with Crippen LogP contribution in [0.15, 0.2) is 0 Å². The molecule has 15 heavy (non-hydrogen) atoms. The van der Waals surface area contributed by atoms with Gasteiger partial charge in [0.05, 0.1) is 0 Å². The second-order valence-corrected chi connectivity index (χ2v) is 5.26. The van der Waals surface area contributed by atoms with E-state index in [1.807, 2.05) is 7.05 Å². The summed E-state index contributed by atoms with van der Waals surface area (Å²) < 4.78 is 0. The lowest BCUT2D eigenvalue weighted by atomic mass is 9.92. The molecule has 1 amide bonds. The minimum Gasteiger partial charge on any atom is -0.343 e. The Morgan fingerprint density at radius 3 is 2.47 bits per heavy atom. The number of nitrogens with zero attached hydrogens (tertiary/aromatic N) is 2. The number of piperazine rings is 1. The fourth-order valence-electron chi connectivity index (χ4n) is 2.81. The smallest absolute Gasteiger partial charge is 0.241 e. The van der Waals surface area contributed by atoms with Gasteiger partial charge in [0.1, 0.15) is 6.04 Å². The highest BCUT2D eigenvalue weighted by Gasteiger charge is 2.44. The molecule has 0 aliphatic carbocycles. The Labute approximate surface area is 92.4 Å². The Bertz CT molecular complexity index is 250. The maximum atomic E-state index is 12.0. The second-order valence-electron chi connectivity index (χ2n) is 5.26. The van der Waals surface area contributed by atoms with Crippen LogP contribution in [0.25, 0.3) is 0 Å². The van der Waals surface area contributed by atoms with Crippen molar-refractivity contribution in [3.05, 3.63) is 0 Å². The van der Waals surface area contributed by atoms with Crippen LogP contribution in [0.5, 0.6) is 0 Å². The van der Waals surface area contributed by atoms with Gasteiger partial charge in [0.25, 0.3) is 0 Å². The van der Waals surface area contributed by atoms with E-state index in [0.717, 1.165) is 6.54 Å². The molecule has 1 rings (SSSR count). The number of carbonyl (C=O) groups excluding carboxylic acids is 1. The molecule has 4 nitrogen and oxygen atoms in total. The summed E-state index contributed by atoms with van der Waals surface area (Å²) >= 11 is 0. The highest BCUT2D eigenvalue weighted by atomic mass is 16.2. The Balaban J connectivity index is 3.02. The van der Waals surface area contributed by atoms with Crippen molar-refractivity contribution in [3.8, 4) is 0 Å². The number of nitrogens with two attached hydrogens (primary N) is 1. The van der Waals surface area contributed by atoms with Gasteiger partial charge < -0.3 is 10.6 Å². The lowest BCUT2D eigenvalue weighted by Gasteiger charge is -2.52. The Morgan fingerprint density at radius 2 is 2.07 bits per heavy atom. The van der Waals surface area contributed by atoms with Crippen molar-refractivity contribution in [1.29, 1.82) is 0 Å². The van der Waals surface area contributed by atoms with E-state index in [0.29, 0.717) is 12.6 Å². The minimum atomic E-state index is -0.168. The summed E-state index contributed by atoms with van der Waals surface area (Å²) in [5.74, 6) is 0.144. The van der Waals surface area contributed by atoms with Gasteiger partial charge in [-0.15, -0.1) is 0 Å². The fourth-order valence-corrected chi connectivity index (χ4v) is 2.81. The standard InChI is InChI=1S/C11H23N3O/c1-8(2)14-9(6-12)10(15)13(5)7-11(14,3)4/h8-9H,6-7,12H2,1-5H3. The van der Waals surface area contributed by atoms with Crippen LogP contribution in [0.2, 0.25) is 0 Å². The van der Waals surface area contributed by atoms with Gasteiger partial charge in [0.15, 0.2) is 0 Å². The molecule has 0 aromatic rings.